The minimum absolute atomic E-state index is 0.164. The molecule has 1 atom stereocenters. The molecule has 1 aromatic rings. The van der Waals surface area contributed by atoms with E-state index in [1.807, 2.05) is 0 Å². The van der Waals surface area contributed by atoms with Crippen LogP contribution in [0.1, 0.15) is 16.8 Å². The fraction of sp³-hybridized carbons (Fsp3) is 0.182. The van der Waals surface area contributed by atoms with Crippen LogP contribution in [-0.4, -0.2) is 23.1 Å². The molecule has 4 nitrogen and oxygen atoms in total. The van der Waals surface area contributed by atoms with Crippen molar-refractivity contribution < 1.29 is 14.7 Å². The summed E-state index contributed by atoms with van der Waals surface area (Å²) in [7, 11) is 0. The molecule has 0 amide bonds. The van der Waals surface area contributed by atoms with E-state index in [4.69, 9.17) is 5.11 Å². The summed E-state index contributed by atoms with van der Waals surface area (Å²) in [5.41, 5.74) is 1.12. The molecule has 15 heavy (non-hydrogen) atoms. The quantitative estimate of drug-likeness (QED) is 0.795. The van der Waals surface area contributed by atoms with Crippen molar-refractivity contribution >= 4 is 23.7 Å². The third-order valence-corrected chi connectivity index (χ3v) is 2.29. The summed E-state index contributed by atoms with van der Waals surface area (Å²) in [5, 5.41) is 8.62. The minimum Gasteiger partial charge on any atom is -0.481 e. The highest BCUT2D eigenvalue weighted by Crippen LogP contribution is 2.26. The zero-order chi connectivity index (χ0) is 10.8. The predicted molar refractivity (Wildman–Crippen MR) is 54.7 cm³/mol. The van der Waals surface area contributed by atoms with Gasteiger partial charge in [0.15, 0.2) is 5.78 Å². The number of hydrogen-bond donors (Lipinski definition) is 1. The van der Waals surface area contributed by atoms with Crippen molar-refractivity contribution in [3.63, 3.8) is 0 Å². The van der Waals surface area contributed by atoms with Crippen LogP contribution in [-0.2, 0) is 4.79 Å². The highest BCUT2D eigenvalue weighted by molar-refractivity contribution is 6.13. The van der Waals surface area contributed by atoms with E-state index in [-0.39, 0.29) is 12.2 Å². The number of fused-ring (bicyclic) bond motifs is 1. The normalized spacial score (nSPS) is 18.7. The van der Waals surface area contributed by atoms with Gasteiger partial charge in [-0.15, -0.1) is 0 Å². The number of carbonyl (C=O) groups excluding carboxylic acids is 1. The highest BCUT2D eigenvalue weighted by atomic mass is 16.4. The van der Waals surface area contributed by atoms with Gasteiger partial charge in [-0.05, 0) is 12.1 Å². The van der Waals surface area contributed by atoms with Crippen LogP contribution >= 0.6 is 0 Å². The molecule has 0 aliphatic carbocycles. The number of para-hydroxylation sites is 1. The van der Waals surface area contributed by atoms with Crippen LogP contribution in [0.2, 0.25) is 0 Å². The van der Waals surface area contributed by atoms with Gasteiger partial charge in [-0.2, -0.15) is 0 Å². The third-order valence-electron chi connectivity index (χ3n) is 2.29. The number of nitrogens with zero attached hydrogens (tertiary/aromatic N) is 1. The first-order chi connectivity index (χ1) is 7.18. The number of benzene rings is 1. The van der Waals surface area contributed by atoms with E-state index in [1.165, 1.54) is 6.21 Å². The number of hydrogen-bond acceptors (Lipinski definition) is 3. The molecule has 1 unspecified atom stereocenters. The van der Waals surface area contributed by atoms with E-state index in [2.05, 4.69) is 4.99 Å². The number of Topliss-reactive ketones (excluding diaryl/α,β-unsaturated/α-hetero) is 1. The van der Waals surface area contributed by atoms with Gasteiger partial charge in [-0.3, -0.25) is 14.6 Å². The molecule has 1 aromatic carbocycles. The van der Waals surface area contributed by atoms with Gasteiger partial charge in [0.2, 0.25) is 0 Å². The number of carboxylic acids is 1. The predicted octanol–water partition coefficient (Wildman–Crippen LogP) is 1.68. The maximum atomic E-state index is 11.8. The molecule has 1 aliphatic heterocycles. The molecule has 0 fully saturated rings. The second-order valence-corrected chi connectivity index (χ2v) is 3.36. The van der Waals surface area contributed by atoms with Crippen LogP contribution in [0.15, 0.2) is 29.3 Å². The van der Waals surface area contributed by atoms with Gasteiger partial charge in [0.25, 0.3) is 0 Å². The summed E-state index contributed by atoms with van der Waals surface area (Å²) in [6, 6.07) is 6.94. The average molecular weight is 203 g/mol. The van der Waals surface area contributed by atoms with Crippen molar-refractivity contribution in [3.05, 3.63) is 29.8 Å². The van der Waals surface area contributed by atoms with E-state index >= 15 is 0 Å². The number of rotatable bonds is 2. The number of ketones is 1. The second-order valence-electron chi connectivity index (χ2n) is 3.36. The topological polar surface area (TPSA) is 66.7 Å². The van der Waals surface area contributed by atoms with Gasteiger partial charge in [-0.1, -0.05) is 12.1 Å². The SMILES string of the molecule is O=C(O)CC1C=Nc2ccccc2C1=O. The van der Waals surface area contributed by atoms with Gasteiger partial charge in [0.1, 0.15) is 0 Å². The third kappa shape index (κ3) is 1.79. The fourth-order valence-corrected chi connectivity index (χ4v) is 1.57. The second kappa shape index (κ2) is 3.65. The molecule has 0 aromatic heterocycles. The lowest BCUT2D eigenvalue weighted by Gasteiger charge is -2.15. The number of carboxylic acid groups (broad SMARTS) is 1. The van der Waals surface area contributed by atoms with Gasteiger partial charge in [-0.25, -0.2) is 0 Å². The minimum atomic E-state index is -0.987. The molecule has 0 radical (unpaired) electrons. The average Bonchev–Trinajstić information content (AvgIpc) is 2.22. The van der Waals surface area contributed by atoms with Crippen LogP contribution < -0.4 is 0 Å². The molecular weight excluding hydrogens is 194 g/mol. The first-order valence-electron chi connectivity index (χ1n) is 4.57. The fourth-order valence-electron chi connectivity index (χ4n) is 1.57. The summed E-state index contributed by atoms with van der Waals surface area (Å²) < 4.78 is 0. The summed E-state index contributed by atoms with van der Waals surface area (Å²) >= 11 is 0. The lowest BCUT2D eigenvalue weighted by Crippen LogP contribution is -2.22. The molecule has 0 spiro atoms. The molecule has 4 heteroatoms. The van der Waals surface area contributed by atoms with Crippen LogP contribution in [0.5, 0.6) is 0 Å². The summed E-state index contributed by atoms with van der Waals surface area (Å²) in [6.07, 6.45) is 1.22. The Balaban J connectivity index is 2.33. The summed E-state index contributed by atoms with van der Waals surface area (Å²) in [5.74, 6) is -1.78. The molecule has 1 heterocycles. The summed E-state index contributed by atoms with van der Waals surface area (Å²) in [6.45, 7) is 0. The number of aliphatic imine (C=N–C) groups is 1. The highest BCUT2D eigenvalue weighted by Gasteiger charge is 2.26. The summed E-state index contributed by atoms with van der Waals surface area (Å²) in [4.78, 5) is 26.4. The van der Waals surface area contributed by atoms with Gasteiger partial charge in [0.05, 0.1) is 18.0 Å². The van der Waals surface area contributed by atoms with Gasteiger partial charge in [0, 0.05) is 11.8 Å². The van der Waals surface area contributed by atoms with E-state index in [9.17, 15) is 9.59 Å². The van der Waals surface area contributed by atoms with E-state index in [1.54, 1.807) is 24.3 Å². The molecule has 76 valence electrons. The molecule has 2 rings (SSSR count). The van der Waals surface area contributed by atoms with Crippen molar-refractivity contribution in [2.24, 2.45) is 10.9 Å². The molecular formula is C11H9NO3. The van der Waals surface area contributed by atoms with Crippen molar-refractivity contribution in [2.45, 2.75) is 6.42 Å². The molecule has 0 bridgehead atoms. The Morgan fingerprint density at radius 1 is 1.40 bits per heavy atom. The Labute approximate surface area is 86.3 Å². The molecule has 0 saturated heterocycles. The maximum Gasteiger partial charge on any atom is 0.304 e. The lowest BCUT2D eigenvalue weighted by atomic mass is 9.92. The van der Waals surface area contributed by atoms with Crippen molar-refractivity contribution in [1.82, 2.24) is 0 Å². The van der Waals surface area contributed by atoms with Crippen molar-refractivity contribution in [2.75, 3.05) is 0 Å². The molecule has 0 saturated carbocycles. The van der Waals surface area contributed by atoms with Crippen molar-refractivity contribution in [1.29, 1.82) is 0 Å². The smallest absolute Gasteiger partial charge is 0.304 e. The van der Waals surface area contributed by atoms with Crippen LogP contribution in [0.25, 0.3) is 0 Å². The van der Waals surface area contributed by atoms with Crippen LogP contribution in [0.4, 0.5) is 5.69 Å². The Hall–Kier alpha value is -1.97. The van der Waals surface area contributed by atoms with E-state index in [0.717, 1.165) is 0 Å². The van der Waals surface area contributed by atoms with Gasteiger partial charge >= 0.3 is 5.97 Å². The number of carbonyl (C=O) groups is 2. The lowest BCUT2D eigenvalue weighted by molar-refractivity contribution is -0.137. The Kier molecular flexibility index (Phi) is 2.33. The number of aliphatic carboxylic acids is 1. The Morgan fingerprint density at radius 3 is 2.87 bits per heavy atom. The van der Waals surface area contributed by atoms with Crippen LogP contribution in [0, 0.1) is 5.92 Å². The Morgan fingerprint density at radius 2 is 2.13 bits per heavy atom. The van der Waals surface area contributed by atoms with E-state index < -0.39 is 11.9 Å². The first kappa shape index (κ1) is 9.58. The van der Waals surface area contributed by atoms with E-state index in [0.29, 0.717) is 11.3 Å². The van der Waals surface area contributed by atoms with Crippen molar-refractivity contribution in [3.8, 4) is 0 Å². The zero-order valence-corrected chi connectivity index (χ0v) is 7.88. The Bertz CT molecular complexity index is 451. The van der Waals surface area contributed by atoms with Crippen LogP contribution in [0.3, 0.4) is 0 Å². The monoisotopic (exact) mass is 203 g/mol. The molecule has 1 N–H and O–H groups in total. The standard InChI is InChI=1S/C11H9NO3/c13-10(14)5-7-6-12-9-4-2-1-3-8(9)11(7)15/h1-4,6-7H,5H2,(H,13,14). The van der Waals surface area contributed by atoms with Gasteiger partial charge < -0.3 is 5.11 Å². The zero-order valence-electron chi connectivity index (χ0n) is 7.88. The maximum absolute atomic E-state index is 11.8. The molecule has 1 aliphatic rings. The first-order valence-corrected chi connectivity index (χ1v) is 4.57. The largest absolute Gasteiger partial charge is 0.481 e.